The molecule has 14 heavy (non-hydrogen) atoms. The lowest BCUT2D eigenvalue weighted by atomic mass is 10.0. The molecule has 0 saturated carbocycles. The van der Waals surface area contributed by atoms with E-state index >= 15 is 0 Å². The van der Waals surface area contributed by atoms with Gasteiger partial charge in [-0.15, -0.1) is 0 Å². The van der Waals surface area contributed by atoms with Crippen LogP contribution in [0.1, 0.15) is 13.8 Å². The number of aliphatic hydroxyl groups is 2. The molecule has 0 aliphatic heterocycles. The fourth-order valence-corrected chi connectivity index (χ4v) is 0.959. The lowest BCUT2D eigenvalue weighted by molar-refractivity contribution is -0.124. The molecule has 0 fully saturated rings. The Balaban J connectivity index is 4.36. The van der Waals surface area contributed by atoms with E-state index < -0.39 is 30.2 Å². The summed E-state index contributed by atoms with van der Waals surface area (Å²) in [7, 11) is 0. The number of carbonyl (C=O) groups excluding carboxylic acids is 2. The number of rotatable bonds is 5. The highest BCUT2D eigenvalue weighted by Crippen LogP contribution is 2.00. The van der Waals surface area contributed by atoms with Crippen LogP contribution in [0.25, 0.3) is 0 Å². The molecule has 6 nitrogen and oxygen atoms in total. The topological polar surface area (TPSA) is 113 Å². The molecule has 0 bridgehead atoms. The van der Waals surface area contributed by atoms with E-state index in [2.05, 4.69) is 5.32 Å². The van der Waals surface area contributed by atoms with Crippen molar-refractivity contribution in [3.63, 3.8) is 0 Å². The molecular weight excluding hydrogens is 188 g/mol. The Morgan fingerprint density at radius 2 is 2.00 bits per heavy atom. The first-order valence-corrected chi connectivity index (χ1v) is 4.24. The molecule has 0 aromatic rings. The second kappa shape index (κ2) is 5.69. The Kier molecular flexibility index (Phi) is 5.29. The second-order valence-corrected chi connectivity index (χ2v) is 3.17. The average Bonchev–Trinajstić information content (AvgIpc) is 2.11. The Bertz CT molecular complexity index is 208. The number of carbonyl (C=O) groups is 2. The molecule has 0 rings (SSSR count). The van der Waals surface area contributed by atoms with Crippen LogP contribution in [0.4, 0.5) is 0 Å². The van der Waals surface area contributed by atoms with Gasteiger partial charge in [-0.1, -0.05) is 0 Å². The Hall–Kier alpha value is -0.980. The van der Waals surface area contributed by atoms with Crippen LogP contribution in [0, 0.1) is 0 Å². The Morgan fingerprint density at radius 3 is 2.29 bits per heavy atom. The second-order valence-electron chi connectivity index (χ2n) is 3.17. The molecule has 6 heteroatoms. The van der Waals surface area contributed by atoms with Crippen LogP contribution in [-0.4, -0.2) is 46.7 Å². The van der Waals surface area contributed by atoms with Crippen LogP contribution in [0.5, 0.6) is 0 Å². The molecule has 4 atom stereocenters. The van der Waals surface area contributed by atoms with E-state index in [0.717, 1.165) is 0 Å². The van der Waals surface area contributed by atoms with E-state index in [9.17, 15) is 14.7 Å². The minimum absolute atomic E-state index is 0.383. The van der Waals surface area contributed by atoms with E-state index in [1.54, 1.807) is 0 Å². The van der Waals surface area contributed by atoms with Crippen molar-refractivity contribution in [2.45, 2.75) is 38.1 Å². The van der Waals surface area contributed by atoms with Gasteiger partial charge in [-0.25, -0.2) is 0 Å². The maximum absolute atomic E-state index is 10.6. The maximum atomic E-state index is 10.6. The summed E-state index contributed by atoms with van der Waals surface area (Å²) < 4.78 is 0. The monoisotopic (exact) mass is 204 g/mol. The van der Waals surface area contributed by atoms with Crippen LogP contribution >= 0.6 is 0 Å². The minimum atomic E-state index is -1.30. The molecule has 0 heterocycles. The fraction of sp³-hybridized carbons (Fsp3) is 0.750. The first-order chi connectivity index (χ1) is 6.40. The molecule has 0 unspecified atom stereocenters. The van der Waals surface area contributed by atoms with Crippen LogP contribution in [-0.2, 0) is 9.59 Å². The van der Waals surface area contributed by atoms with Gasteiger partial charge in [-0.2, -0.15) is 0 Å². The van der Waals surface area contributed by atoms with E-state index in [4.69, 9.17) is 10.8 Å². The smallest absolute Gasteiger partial charge is 0.217 e. The summed E-state index contributed by atoms with van der Waals surface area (Å²) in [5.74, 6) is -0.445. The number of amides is 1. The summed E-state index contributed by atoms with van der Waals surface area (Å²) >= 11 is 0. The van der Waals surface area contributed by atoms with Crippen LogP contribution in [0.3, 0.4) is 0 Å². The van der Waals surface area contributed by atoms with Crippen molar-refractivity contribution in [1.29, 1.82) is 0 Å². The van der Waals surface area contributed by atoms with E-state index in [0.29, 0.717) is 6.29 Å². The fourth-order valence-electron chi connectivity index (χ4n) is 0.959. The molecule has 0 spiro atoms. The summed E-state index contributed by atoms with van der Waals surface area (Å²) in [5, 5.41) is 20.7. The summed E-state index contributed by atoms with van der Waals surface area (Å²) in [6, 6.07) is -2.06. The predicted octanol–water partition coefficient (Wildman–Crippen LogP) is -2.24. The molecule has 0 aliphatic rings. The van der Waals surface area contributed by atoms with Crippen molar-refractivity contribution in [2.24, 2.45) is 5.73 Å². The lowest BCUT2D eigenvalue weighted by Crippen LogP contribution is -2.55. The third-order valence-electron chi connectivity index (χ3n) is 1.84. The summed E-state index contributed by atoms with van der Waals surface area (Å²) in [4.78, 5) is 21.1. The third kappa shape index (κ3) is 3.82. The largest absolute Gasteiger partial charge is 0.392 e. The highest BCUT2D eigenvalue weighted by molar-refractivity contribution is 5.77. The van der Waals surface area contributed by atoms with Gasteiger partial charge in [0.1, 0.15) is 12.3 Å². The minimum Gasteiger partial charge on any atom is -0.392 e. The van der Waals surface area contributed by atoms with E-state index in [-0.39, 0.29) is 0 Å². The van der Waals surface area contributed by atoms with Gasteiger partial charge in [-0.3, -0.25) is 4.79 Å². The van der Waals surface area contributed by atoms with Crippen molar-refractivity contribution >= 4 is 12.2 Å². The van der Waals surface area contributed by atoms with Crippen molar-refractivity contribution in [3.8, 4) is 0 Å². The zero-order chi connectivity index (χ0) is 11.3. The highest BCUT2D eigenvalue weighted by atomic mass is 16.3. The maximum Gasteiger partial charge on any atom is 0.217 e. The molecule has 0 aromatic carbocycles. The molecule has 0 radical (unpaired) electrons. The molecular formula is C8H16N2O4. The molecule has 0 aromatic heterocycles. The first-order valence-electron chi connectivity index (χ1n) is 4.24. The van der Waals surface area contributed by atoms with Crippen molar-refractivity contribution in [2.75, 3.05) is 0 Å². The zero-order valence-corrected chi connectivity index (χ0v) is 8.18. The summed E-state index contributed by atoms with van der Waals surface area (Å²) in [6.45, 7) is 2.61. The van der Waals surface area contributed by atoms with Gasteiger partial charge in [0, 0.05) is 6.92 Å². The van der Waals surface area contributed by atoms with Crippen molar-refractivity contribution in [1.82, 2.24) is 5.32 Å². The number of aliphatic hydroxyl groups excluding tert-OH is 2. The van der Waals surface area contributed by atoms with Gasteiger partial charge in [0.05, 0.1) is 18.2 Å². The number of hydrogen-bond acceptors (Lipinski definition) is 5. The van der Waals surface area contributed by atoms with E-state index in [1.165, 1.54) is 13.8 Å². The molecule has 5 N–H and O–H groups in total. The van der Waals surface area contributed by atoms with Gasteiger partial charge >= 0.3 is 0 Å². The Labute approximate surface area is 82.1 Å². The van der Waals surface area contributed by atoms with Crippen LogP contribution in [0.15, 0.2) is 0 Å². The van der Waals surface area contributed by atoms with E-state index in [1.807, 2.05) is 0 Å². The number of nitrogens with two attached hydrogens (primary N) is 1. The van der Waals surface area contributed by atoms with Gasteiger partial charge in [0.2, 0.25) is 5.91 Å². The molecule has 1 amide bonds. The Morgan fingerprint density at radius 1 is 1.50 bits per heavy atom. The third-order valence-corrected chi connectivity index (χ3v) is 1.84. The lowest BCUT2D eigenvalue weighted by Gasteiger charge is -2.25. The predicted molar refractivity (Wildman–Crippen MR) is 49.3 cm³/mol. The number of hydrogen-bond donors (Lipinski definition) is 4. The standard InChI is InChI=1S/C8H16N2O4/c1-4(12)7(9)8(14)6(3-11)10-5(2)13/h3-4,6-8,12,14H,9H2,1-2H3,(H,10,13)/t4-,6+,7+,8-/m1/s1. The van der Waals surface area contributed by atoms with Gasteiger partial charge in [0.15, 0.2) is 0 Å². The molecule has 82 valence electrons. The summed E-state index contributed by atoms with van der Waals surface area (Å²) in [5.41, 5.74) is 5.40. The van der Waals surface area contributed by atoms with Gasteiger partial charge in [0.25, 0.3) is 0 Å². The van der Waals surface area contributed by atoms with Crippen molar-refractivity contribution in [3.05, 3.63) is 0 Å². The zero-order valence-electron chi connectivity index (χ0n) is 8.18. The van der Waals surface area contributed by atoms with Gasteiger partial charge in [-0.05, 0) is 6.92 Å². The molecule has 0 saturated heterocycles. The normalized spacial score (nSPS) is 19.2. The van der Waals surface area contributed by atoms with Crippen molar-refractivity contribution < 1.29 is 19.8 Å². The van der Waals surface area contributed by atoms with Crippen LogP contribution in [0.2, 0.25) is 0 Å². The number of aldehydes is 1. The highest BCUT2D eigenvalue weighted by Gasteiger charge is 2.28. The average molecular weight is 204 g/mol. The summed E-state index contributed by atoms with van der Waals surface area (Å²) in [6.07, 6.45) is -1.87. The quantitative estimate of drug-likeness (QED) is 0.378. The van der Waals surface area contributed by atoms with Gasteiger partial charge < -0.3 is 26.1 Å². The molecule has 0 aliphatic carbocycles. The SMILES string of the molecule is CC(=O)N[C@@H](C=O)[C@@H](O)[C@@H](N)[C@@H](C)O. The van der Waals surface area contributed by atoms with Crippen LogP contribution < -0.4 is 11.1 Å². The number of nitrogens with one attached hydrogen (secondary N) is 1. The first kappa shape index (κ1) is 13.0.